The smallest absolute Gasteiger partial charge is 0.232 e. The van der Waals surface area contributed by atoms with Gasteiger partial charge in [-0.1, -0.05) is 44.8 Å². The fourth-order valence-corrected chi connectivity index (χ4v) is 3.62. The third-order valence-electron chi connectivity index (χ3n) is 4.20. The summed E-state index contributed by atoms with van der Waals surface area (Å²) in [5, 5.41) is 4.21. The molecule has 8 heteroatoms. The number of hydrogen-bond acceptors (Lipinski definition) is 4. The van der Waals surface area contributed by atoms with Crippen LogP contribution in [0.3, 0.4) is 0 Å². The zero-order valence-electron chi connectivity index (χ0n) is 13.3. The molecule has 0 spiro atoms. The maximum Gasteiger partial charge on any atom is 0.232 e. The van der Waals surface area contributed by atoms with E-state index >= 15 is 0 Å². The molecule has 1 saturated heterocycles. The van der Waals surface area contributed by atoms with Crippen LogP contribution >= 0.6 is 27.5 Å². The highest BCUT2D eigenvalue weighted by Gasteiger charge is 2.36. The summed E-state index contributed by atoms with van der Waals surface area (Å²) in [4.78, 5) is 18.4. The third-order valence-corrected chi connectivity index (χ3v) is 5.00. The number of aromatic nitrogens is 2. The third kappa shape index (κ3) is 3.24. The van der Waals surface area contributed by atoms with Crippen LogP contribution in [0, 0.1) is 5.82 Å². The van der Waals surface area contributed by atoms with E-state index in [1.165, 1.54) is 23.1 Å². The van der Waals surface area contributed by atoms with Crippen molar-refractivity contribution < 1.29 is 13.7 Å². The minimum absolute atomic E-state index is 0.120. The van der Waals surface area contributed by atoms with Gasteiger partial charge in [0.15, 0.2) is 0 Å². The van der Waals surface area contributed by atoms with Gasteiger partial charge < -0.3 is 9.42 Å². The number of rotatable bonds is 3. The maximum absolute atomic E-state index is 13.2. The summed E-state index contributed by atoms with van der Waals surface area (Å²) in [6, 6.07) is 11.5. The molecule has 0 aliphatic carbocycles. The van der Waals surface area contributed by atoms with Gasteiger partial charge in [0, 0.05) is 23.0 Å². The second kappa shape index (κ2) is 6.81. The Labute approximate surface area is 161 Å². The number of hydrogen-bond donors (Lipinski definition) is 0. The van der Waals surface area contributed by atoms with E-state index in [0.717, 1.165) is 10.0 Å². The van der Waals surface area contributed by atoms with Crippen molar-refractivity contribution in [2.24, 2.45) is 0 Å². The molecule has 0 saturated carbocycles. The minimum atomic E-state index is -0.447. The van der Waals surface area contributed by atoms with Crippen LogP contribution < -0.4 is 4.90 Å². The van der Waals surface area contributed by atoms with Crippen LogP contribution in [-0.2, 0) is 4.79 Å². The molecule has 1 fully saturated rings. The molecule has 4 rings (SSSR count). The Bertz CT molecular complexity index is 994. The Kier molecular flexibility index (Phi) is 4.50. The first-order valence-electron chi connectivity index (χ1n) is 7.86. The van der Waals surface area contributed by atoms with Crippen molar-refractivity contribution in [2.75, 3.05) is 11.4 Å². The summed E-state index contributed by atoms with van der Waals surface area (Å²) in [7, 11) is 0. The summed E-state index contributed by atoms with van der Waals surface area (Å²) >= 11 is 9.49. The van der Waals surface area contributed by atoms with Crippen LogP contribution in [-0.4, -0.2) is 22.6 Å². The Morgan fingerprint density at radius 3 is 2.88 bits per heavy atom. The SMILES string of the molecule is O=C1CC(c2nc(-c3cccc(Br)c3)no2)CN1c1ccc(F)cc1Cl. The van der Waals surface area contributed by atoms with Crippen LogP contribution in [0.5, 0.6) is 0 Å². The lowest BCUT2D eigenvalue weighted by Gasteiger charge is -2.17. The first-order chi connectivity index (χ1) is 12.5. The van der Waals surface area contributed by atoms with E-state index in [1.807, 2.05) is 24.3 Å². The number of nitrogens with zero attached hydrogens (tertiary/aromatic N) is 3. The van der Waals surface area contributed by atoms with Crippen molar-refractivity contribution in [3.05, 3.63) is 63.7 Å². The molecule has 1 aromatic heterocycles. The highest BCUT2D eigenvalue weighted by Crippen LogP contribution is 2.35. The van der Waals surface area contributed by atoms with Gasteiger partial charge in [-0.2, -0.15) is 4.98 Å². The van der Waals surface area contributed by atoms with Gasteiger partial charge in [-0.25, -0.2) is 4.39 Å². The van der Waals surface area contributed by atoms with Crippen LogP contribution in [0.25, 0.3) is 11.4 Å². The Hall–Kier alpha value is -2.25. The fourth-order valence-electron chi connectivity index (χ4n) is 2.95. The molecule has 5 nitrogen and oxygen atoms in total. The monoisotopic (exact) mass is 435 g/mol. The molecule has 0 bridgehead atoms. The average Bonchev–Trinajstić information content (AvgIpc) is 3.22. The fraction of sp³-hybridized carbons (Fsp3) is 0.167. The molecule has 2 heterocycles. The number of carbonyl (C=O) groups is 1. The van der Waals surface area contributed by atoms with Crippen molar-refractivity contribution in [3.8, 4) is 11.4 Å². The lowest BCUT2D eigenvalue weighted by atomic mass is 10.1. The molecule has 3 aromatic rings. The molecule has 0 N–H and O–H groups in total. The van der Waals surface area contributed by atoms with E-state index < -0.39 is 5.82 Å². The predicted octanol–water partition coefficient (Wildman–Crippen LogP) is 4.81. The summed E-state index contributed by atoms with van der Waals surface area (Å²) in [6.45, 7) is 0.351. The molecular formula is C18H12BrClFN3O2. The van der Waals surface area contributed by atoms with E-state index in [0.29, 0.717) is 23.9 Å². The van der Waals surface area contributed by atoms with Gasteiger partial charge in [0.2, 0.25) is 17.6 Å². The molecule has 1 amide bonds. The van der Waals surface area contributed by atoms with Crippen molar-refractivity contribution in [1.29, 1.82) is 0 Å². The van der Waals surface area contributed by atoms with Gasteiger partial charge in [0.05, 0.1) is 16.6 Å². The molecule has 1 aliphatic heterocycles. The molecule has 2 aromatic carbocycles. The van der Waals surface area contributed by atoms with E-state index in [1.54, 1.807) is 0 Å². The van der Waals surface area contributed by atoms with Gasteiger partial charge in [-0.15, -0.1) is 0 Å². The first-order valence-corrected chi connectivity index (χ1v) is 9.03. The van der Waals surface area contributed by atoms with E-state index in [2.05, 4.69) is 26.1 Å². The van der Waals surface area contributed by atoms with Crippen LogP contribution in [0.15, 0.2) is 51.5 Å². The van der Waals surface area contributed by atoms with Crippen LogP contribution in [0.4, 0.5) is 10.1 Å². The lowest BCUT2D eigenvalue weighted by molar-refractivity contribution is -0.117. The highest BCUT2D eigenvalue weighted by atomic mass is 79.9. The van der Waals surface area contributed by atoms with Gasteiger partial charge in [-0.3, -0.25) is 4.79 Å². The Morgan fingerprint density at radius 2 is 2.12 bits per heavy atom. The second-order valence-electron chi connectivity index (χ2n) is 5.97. The summed E-state index contributed by atoms with van der Waals surface area (Å²) in [5.74, 6) is 0.0568. The molecular weight excluding hydrogens is 425 g/mol. The van der Waals surface area contributed by atoms with Crippen molar-refractivity contribution in [1.82, 2.24) is 10.1 Å². The van der Waals surface area contributed by atoms with Crippen LogP contribution in [0.2, 0.25) is 5.02 Å². The van der Waals surface area contributed by atoms with Crippen molar-refractivity contribution in [3.63, 3.8) is 0 Å². The highest BCUT2D eigenvalue weighted by molar-refractivity contribution is 9.10. The normalized spacial score (nSPS) is 17.1. The van der Waals surface area contributed by atoms with E-state index in [4.69, 9.17) is 16.1 Å². The van der Waals surface area contributed by atoms with Gasteiger partial charge in [-0.05, 0) is 30.3 Å². The molecule has 1 unspecified atom stereocenters. The quantitative estimate of drug-likeness (QED) is 0.591. The lowest BCUT2D eigenvalue weighted by Crippen LogP contribution is -2.24. The summed E-state index contributed by atoms with van der Waals surface area (Å²) in [6.07, 6.45) is 0.230. The number of anilines is 1. The summed E-state index contributed by atoms with van der Waals surface area (Å²) in [5.41, 5.74) is 1.30. The van der Waals surface area contributed by atoms with Gasteiger partial charge >= 0.3 is 0 Å². The van der Waals surface area contributed by atoms with Crippen molar-refractivity contribution in [2.45, 2.75) is 12.3 Å². The topological polar surface area (TPSA) is 59.2 Å². The zero-order valence-corrected chi connectivity index (χ0v) is 15.7. The van der Waals surface area contributed by atoms with Crippen molar-refractivity contribution >= 4 is 39.1 Å². The van der Waals surface area contributed by atoms with Gasteiger partial charge in [0.1, 0.15) is 5.82 Å². The van der Waals surface area contributed by atoms with Gasteiger partial charge in [0.25, 0.3) is 0 Å². The summed E-state index contributed by atoms with van der Waals surface area (Å²) < 4.78 is 19.5. The van der Waals surface area contributed by atoms with Crippen LogP contribution in [0.1, 0.15) is 18.2 Å². The molecule has 1 aliphatic rings. The van der Waals surface area contributed by atoms with E-state index in [9.17, 15) is 9.18 Å². The molecule has 0 radical (unpaired) electrons. The number of benzene rings is 2. The number of halogens is 3. The molecule has 26 heavy (non-hydrogen) atoms. The zero-order chi connectivity index (χ0) is 18.3. The first kappa shape index (κ1) is 17.2. The molecule has 1 atom stereocenters. The minimum Gasteiger partial charge on any atom is -0.339 e. The standard InChI is InChI=1S/C18H12BrClFN3O2/c19-12-3-1-2-10(6-12)17-22-18(26-23-17)11-7-16(25)24(9-11)15-5-4-13(21)8-14(15)20/h1-6,8,11H,7,9H2. The van der Waals surface area contributed by atoms with E-state index in [-0.39, 0.29) is 23.3 Å². The second-order valence-corrected chi connectivity index (χ2v) is 7.29. The average molecular weight is 437 g/mol. The number of carbonyl (C=O) groups excluding carboxylic acids is 1. The Balaban J connectivity index is 1.58. The molecule has 132 valence electrons. The maximum atomic E-state index is 13.2. The largest absolute Gasteiger partial charge is 0.339 e. The number of amides is 1. The predicted molar refractivity (Wildman–Crippen MR) is 98.6 cm³/mol. The Morgan fingerprint density at radius 1 is 1.27 bits per heavy atom.